The van der Waals surface area contributed by atoms with Crippen LogP contribution in [0.5, 0.6) is 5.75 Å². The van der Waals surface area contributed by atoms with E-state index in [-0.39, 0.29) is 12.7 Å². The number of ether oxygens (including phenoxy) is 2. The van der Waals surface area contributed by atoms with Crippen LogP contribution in [0.3, 0.4) is 0 Å². The van der Waals surface area contributed by atoms with Gasteiger partial charge in [-0.2, -0.15) is 0 Å². The highest BCUT2D eigenvalue weighted by atomic mass is 16.6. The number of pyridine rings is 1. The Labute approximate surface area is 191 Å². The summed E-state index contributed by atoms with van der Waals surface area (Å²) in [6.07, 6.45) is 10.0. The van der Waals surface area contributed by atoms with Gasteiger partial charge in [-0.15, -0.1) is 0 Å². The van der Waals surface area contributed by atoms with E-state index in [0.717, 1.165) is 50.0 Å². The molecule has 2 aliphatic rings. The van der Waals surface area contributed by atoms with Crippen molar-refractivity contribution in [2.45, 2.75) is 76.7 Å². The first-order valence-corrected chi connectivity index (χ1v) is 11.9. The molecule has 4 N–H and O–H groups in total. The topological polar surface area (TPSA) is 107 Å². The summed E-state index contributed by atoms with van der Waals surface area (Å²) in [7, 11) is 3.41. The van der Waals surface area contributed by atoms with Crippen molar-refractivity contribution in [2.75, 3.05) is 27.2 Å². The summed E-state index contributed by atoms with van der Waals surface area (Å²) in [4.78, 5) is 18.7. The molecule has 2 saturated carbocycles. The Hall–Kier alpha value is -2.48. The van der Waals surface area contributed by atoms with Crippen molar-refractivity contribution in [1.29, 1.82) is 0 Å². The molecule has 0 unspecified atom stereocenters. The lowest BCUT2D eigenvalue weighted by Gasteiger charge is -2.25. The first kappa shape index (κ1) is 24.2. The highest BCUT2D eigenvalue weighted by molar-refractivity contribution is 5.68. The highest BCUT2D eigenvalue weighted by Gasteiger charge is 2.30. The smallest absolute Gasteiger partial charge is 0.409 e. The monoisotopic (exact) mass is 445 g/mol. The molecule has 1 amide bonds. The molecule has 1 heterocycles. The number of hydrogen-bond donors (Lipinski definition) is 2. The minimum absolute atomic E-state index is 0.0189. The Bertz CT molecular complexity index is 801. The molecule has 2 fully saturated rings. The number of aromatic nitrogens is 1. The maximum Gasteiger partial charge on any atom is 0.409 e. The van der Waals surface area contributed by atoms with Crippen LogP contribution in [0.4, 0.5) is 4.79 Å². The van der Waals surface area contributed by atoms with Crippen molar-refractivity contribution in [3.8, 4) is 5.75 Å². The maximum atomic E-state index is 12.3. The van der Waals surface area contributed by atoms with Gasteiger partial charge in [0.1, 0.15) is 12.4 Å². The number of carbonyl (C=O) groups is 1. The molecule has 1 aromatic heterocycles. The SMILES string of the molecule is CCCCN(C)C(=O)OC/C(=C(/N)c1ccc(OC2CCCCC2)c(C2CC2)n1)N(C)N. The predicted octanol–water partition coefficient (Wildman–Crippen LogP) is 3.97. The average molecular weight is 446 g/mol. The van der Waals surface area contributed by atoms with E-state index < -0.39 is 6.09 Å². The van der Waals surface area contributed by atoms with Gasteiger partial charge in [-0.1, -0.05) is 19.8 Å². The second kappa shape index (κ2) is 11.4. The van der Waals surface area contributed by atoms with Crippen molar-refractivity contribution >= 4 is 11.8 Å². The molecule has 178 valence electrons. The van der Waals surface area contributed by atoms with Gasteiger partial charge in [0.25, 0.3) is 0 Å². The van der Waals surface area contributed by atoms with E-state index in [1.54, 1.807) is 19.0 Å². The Morgan fingerprint density at radius 2 is 1.88 bits per heavy atom. The molecular formula is C24H39N5O3. The zero-order chi connectivity index (χ0) is 23.1. The minimum atomic E-state index is -0.395. The molecule has 32 heavy (non-hydrogen) atoms. The average Bonchev–Trinajstić information content (AvgIpc) is 3.63. The molecule has 0 radical (unpaired) electrons. The lowest BCUT2D eigenvalue weighted by atomic mass is 9.98. The number of rotatable bonds is 10. The summed E-state index contributed by atoms with van der Waals surface area (Å²) in [6.45, 7) is 2.71. The summed E-state index contributed by atoms with van der Waals surface area (Å²) in [6, 6.07) is 3.86. The number of nitrogens with zero attached hydrogens (tertiary/aromatic N) is 3. The summed E-state index contributed by atoms with van der Waals surface area (Å²) < 4.78 is 11.8. The molecule has 0 aliphatic heterocycles. The largest absolute Gasteiger partial charge is 0.489 e. The Balaban J connectivity index is 1.75. The lowest BCUT2D eigenvalue weighted by Crippen LogP contribution is -2.34. The van der Waals surface area contributed by atoms with Crippen LogP contribution in [-0.2, 0) is 4.74 Å². The van der Waals surface area contributed by atoms with Crippen LogP contribution in [0.1, 0.15) is 82.0 Å². The zero-order valence-electron chi connectivity index (χ0n) is 19.8. The van der Waals surface area contributed by atoms with Crippen LogP contribution in [-0.4, -0.2) is 54.3 Å². The molecule has 8 nitrogen and oxygen atoms in total. The molecular weight excluding hydrogens is 406 g/mol. The van der Waals surface area contributed by atoms with E-state index in [1.165, 1.54) is 24.3 Å². The molecule has 0 spiro atoms. The second-order valence-electron chi connectivity index (χ2n) is 9.03. The van der Waals surface area contributed by atoms with Crippen molar-refractivity contribution in [3.05, 3.63) is 29.2 Å². The zero-order valence-corrected chi connectivity index (χ0v) is 19.8. The molecule has 1 aromatic rings. The molecule has 0 bridgehead atoms. The first-order chi connectivity index (χ1) is 15.4. The first-order valence-electron chi connectivity index (χ1n) is 11.9. The fourth-order valence-corrected chi connectivity index (χ4v) is 3.97. The standard InChI is InChI=1S/C24H39N5O3/c1-4-5-15-28(2)24(30)31-16-20(29(3)26)22(25)19-13-14-21(23(27-19)17-11-12-17)32-18-9-7-6-8-10-18/h13-14,17-18H,4-12,15-16,25-26H2,1-3H3/b22-20-. The van der Waals surface area contributed by atoms with Crippen molar-refractivity contribution in [2.24, 2.45) is 11.6 Å². The van der Waals surface area contributed by atoms with Gasteiger partial charge >= 0.3 is 6.09 Å². The van der Waals surface area contributed by atoms with Crippen molar-refractivity contribution < 1.29 is 14.3 Å². The van der Waals surface area contributed by atoms with Gasteiger partial charge < -0.3 is 25.1 Å². The van der Waals surface area contributed by atoms with Gasteiger partial charge in [0.2, 0.25) is 0 Å². The fraction of sp³-hybridized carbons (Fsp3) is 0.667. The molecule has 8 heteroatoms. The minimum Gasteiger partial charge on any atom is -0.489 e. The van der Waals surface area contributed by atoms with Crippen LogP contribution in [0.15, 0.2) is 17.8 Å². The van der Waals surface area contributed by atoms with Gasteiger partial charge in [-0.05, 0) is 57.1 Å². The van der Waals surface area contributed by atoms with Crippen LogP contribution in [0.25, 0.3) is 5.70 Å². The van der Waals surface area contributed by atoms with E-state index in [4.69, 9.17) is 26.0 Å². The predicted molar refractivity (Wildman–Crippen MR) is 126 cm³/mol. The van der Waals surface area contributed by atoms with E-state index in [2.05, 4.69) is 6.92 Å². The summed E-state index contributed by atoms with van der Waals surface area (Å²) in [5.41, 5.74) is 8.98. The number of likely N-dealkylation sites (N-methyl/N-ethyl adjacent to an activating group) is 1. The van der Waals surface area contributed by atoms with Gasteiger partial charge in [-0.25, -0.2) is 15.6 Å². The summed E-state index contributed by atoms with van der Waals surface area (Å²) in [5.74, 6) is 7.32. The van der Waals surface area contributed by atoms with E-state index in [1.807, 2.05) is 12.1 Å². The van der Waals surface area contributed by atoms with Crippen LogP contribution in [0.2, 0.25) is 0 Å². The van der Waals surface area contributed by atoms with Crippen molar-refractivity contribution in [3.63, 3.8) is 0 Å². The molecule has 0 aromatic carbocycles. The van der Waals surface area contributed by atoms with Gasteiger partial charge in [-0.3, -0.25) is 0 Å². The highest BCUT2D eigenvalue weighted by Crippen LogP contribution is 2.44. The second-order valence-corrected chi connectivity index (χ2v) is 9.03. The van der Waals surface area contributed by atoms with Crippen LogP contribution in [0, 0.1) is 0 Å². The lowest BCUT2D eigenvalue weighted by molar-refractivity contribution is 0.113. The third kappa shape index (κ3) is 6.51. The van der Waals surface area contributed by atoms with Gasteiger partial charge in [0.05, 0.1) is 28.9 Å². The van der Waals surface area contributed by atoms with Crippen LogP contribution < -0.4 is 16.3 Å². The molecule has 0 saturated heterocycles. The third-order valence-corrected chi connectivity index (χ3v) is 6.20. The number of amides is 1. The Morgan fingerprint density at radius 1 is 1.16 bits per heavy atom. The number of unbranched alkanes of at least 4 members (excludes halogenated alkanes) is 1. The number of carbonyl (C=O) groups excluding carboxylic acids is 1. The molecule has 2 aliphatic carbocycles. The Morgan fingerprint density at radius 3 is 2.50 bits per heavy atom. The third-order valence-electron chi connectivity index (χ3n) is 6.20. The fourth-order valence-electron chi connectivity index (χ4n) is 3.97. The maximum absolute atomic E-state index is 12.3. The van der Waals surface area contributed by atoms with Crippen LogP contribution >= 0.6 is 0 Å². The van der Waals surface area contributed by atoms with Crippen molar-refractivity contribution in [1.82, 2.24) is 14.9 Å². The van der Waals surface area contributed by atoms with E-state index >= 15 is 0 Å². The summed E-state index contributed by atoms with van der Waals surface area (Å²) >= 11 is 0. The number of hydrogen-bond acceptors (Lipinski definition) is 7. The normalized spacial score (nSPS) is 17.5. The van der Waals surface area contributed by atoms with Gasteiger partial charge in [0.15, 0.2) is 0 Å². The number of nitrogens with two attached hydrogens (primary N) is 2. The molecule has 3 rings (SSSR count). The Kier molecular flexibility index (Phi) is 8.61. The van der Waals surface area contributed by atoms with E-state index in [9.17, 15) is 4.79 Å². The quantitative estimate of drug-likeness (QED) is 0.414. The number of hydrazine groups is 1. The molecule has 0 atom stereocenters. The van der Waals surface area contributed by atoms with Gasteiger partial charge in [0, 0.05) is 26.6 Å². The summed E-state index contributed by atoms with van der Waals surface area (Å²) in [5, 5.41) is 1.39. The van der Waals surface area contributed by atoms with E-state index in [0.29, 0.717) is 29.6 Å².